The molecule has 2 rings (SSSR count). The summed E-state index contributed by atoms with van der Waals surface area (Å²) in [6.45, 7) is 0.504. The van der Waals surface area contributed by atoms with E-state index in [1.807, 2.05) is 0 Å². The van der Waals surface area contributed by atoms with E-state index in [9.17, 15) is 14.0 Å². The zero-order valence-electron chi connectivity index (χ0n) is 14.1. The van der Waals surface area contributed by atoms with Gasteiger partial charge in [0.25, 0.3) is 5.91 Å². The second-order valence-electron chi connectivity index (χ2n) is 5.31. The van der Waals surface area contributed by atoms with Gasteiger partial charge in [-0.2, -0.15) is 0 Å². The van der Waals surface area contributed by atoms with Gasteiger partial charge in [-0.25, -0.2) is 9.18 Å². The largest absolute Gasteiger partial charge is 0.355 e. The smallest absolute Gasteiger partial charge is 0.319 e. The van der Waals surface area contributed by atoms with Gasteiger partial charge in [0.15, 0.2) is 0 Å². The quantitative estimate of drug-likeness (QED) is 0.487. The summed E-state index contributed by atoms with van der Waals surface area (Å²) in [7, 11) is 1.52. The molecule has 3 N–H and O–H groups in total. The van der Waals surface area contributed by atoms with Gasteiger partial charge in [0, 0.05) is 24.2 Å². The number of hydrogen-bond acceptors (Lipinski definition) is 3. The molecule has 0 aliphatic rings. The number of thioether (sulfide) groups is 1. The molecule has 5 nitrogen and oxygen atoms in total. The molecule has 3 amide bonds. The van der Waals surface area contributed by atoms with Crippen LogP contribution < -0.4 is 16.0 Å². The molecule has 2 aromatic carbocycles. The summed E-state index contributed by atoms with van der Waals surface area (Å²) >= 11 is 7.64. The summed E-state index contributed by atoms with van der Waals surface area (Å²) in [5.41, 5.74) is 0.846. The Bertz CT molecular complexity index is 772. The zero-order valence-corrected chi connectivity index (χ0v) is 15.7. The fourth-order valence-corrected chi connectivity index (χ4v) is 3.20. The molecule has 138 valence electrons. The molecule has 0 aliphatic carbocycles. The van der Waals surface area contributed by atoms with Crippen molar-refractivity contribution < 1.29 is 14.0 Å². The van der Waals surface area contributed by atoms with Crippen LogP contribution in [0, 0.1) is 5.82 Å². The monoisotopic (exact) mass is 395 g/mol. The van der Waals surface area contributed by atoms with Crippen molar-refractivity contribution in [1.29, 1.82) is 0 Å². The Morgan fingerprint density at radius 1 is 1.15 bits per heavy atom. The summed E-state index contributed by atoms with van der Waals surface area (Å²) < 4.78 is 12.8. The summed E-state index contributed by atoms with van der Waals surface area (Å²) in [6.07, 6.45) is 0.770. The molecule has 8 heteroatoms. The molecule has 0 unspecified atom stereocenters. The van der Waals surface area contributed by atoms with Gasteiger partial charge in [-0.1, -0.05) is 11.6 Å². The van der Waals surface area contributed by atoms with Crippen molar-refractivity contribution in [3.05, 3.63) is 58.9 Å². The highest BCUT2D eigenvalue weighted by atomic mass is 35.5. The van der Waals surface area contributed by atoms with Crippen molar-refractivity contribution in [3.8, 4) is 0 Å². The Kier molecular flexibility index (Phi) is 7.74. The van der Waals surface area contributed by atoms with Gasteiger partial charge in [0.05, 0.1) is 10.6 Å². The number of carbonyl (C=O) groups excluding carboxylic acids is 2. The van der Waals surface area contributed by atoms with E-state index in [2.05, 4.69) is 16.0 Å². The van der Waals surface area contributed by atoms with Crippen LogP contribution in [-0.2, 0) is 0 Å². The fourth-order valence-electron chi connectivity index (χ4n) is 2.08. The first-order valence-electron chi connectivity index (χ1n) is 7.94. The van der Waals surface area contributed by atoms with E-state index in [0.29, 0.717) is 17.8 Å². The van der Waals surface area contributed by atoms with Crippen molar-refractivity contribution in [2.45, 2.75) is 11.3 Å². The molecule has 0 heterocycles. The lowest BCUT2D eigenvalue weighted by atomic mass is 10.2. The van der Waals surface area contributed by atoms with Crippen LogP contribution >= 0.6 is 23.4 Å². The normalized spacial score (nSPS) is 10.3. The Morgan fingerprint density at radius 2 is 1.88 bits per heavy atom. The van der Waals surface area contributed by atoms with Crippen LogP contribution in [0.4, 0.5) is 14.9 Å². The topological polar surface area (TPSA) is 70.2 Å². The van der Waals surface area contributed by atoms with Crippen molar-refractivity contribution >= 4 is 41.0 Å². The molecule has 0 saturated carbocycles. The number of hydrogen-bond donors (Lipinski definition) is 3. The van der Waals surface area contributed by atoms with Gasteiger partial charge in [-0.05, 0) is 54.6 Å². The fraction of sp³-hybridized carbons (Fsp3) is 0.222. The van der Waals surface area contributed by atoms with E-state index in [1.165, 1.54) is 25.2 Å². The van der Waals surface area contributed by atoms with Gasteiger partial charge in [0.1, 0.15) is 5.82 Å². The lowest BCUT2D eigenvalue weighted by Crippen LogP contribution is -2.29. The Hall–Kier alpha value is -2.25. The van der Waals surface area contributed by atoms with Crippen molar-refractivity contribution in [2.75, 3.05) is 24.7 Å². The first kappa shape index (κ1) is 20.1. The summed E-state index contributed by atoms with van der Waals surface area (Å²) in [5, 5.41) is 8.17. The van der Waals surface area contributed by atoms with E-state index in [4.69, 9.17) is 11.6 Å². The predicted molar refractivity (Wildman–Crippen MR) is 104 cm³/mol. The highest BCUT2D eigenvalue weighted by Gasteiger charge is 2.10. The molecule has 0 aromatic heterocycles. The van der Waals surface area contributed by atoms with Crippen molar-refractivity contribution in [2.24, 2.45) is 0 Å². The van der Waals surface area contributed by atoms with E-state index in [1.54, 1.807) is 36.0 Å². The first-order valence-corrected chi connectivity index (χ1v) is 9.31. The van der Waals surface area contributed by atoms with Crippen LogP contribution in [0.25, 0.3) is 0 Å². The van der Waals surface area contributed by atoms with E-state index in [0.717, 1.165) is 17.1 Å². The predicted octanol–water partition coefficient (Wildman–Crippen LogP) is 4.14. The number of rotatable bonds is 7. The molecule has 0 atom stereocenters. The molecular weight excluding hydrogens is 377 g/mol. The molecule has 0 spiro atoms. The average molecular weight is 396 g/mol. The summed E-state index contributed by atoms with van der Waals surface area (Å²) in [6, 6.07) is 10.6. The third-order valence-electron chi connectivity index (χ3n) is 3.39. The standard InChI is InChI=1S/C18H19ClFN3O2S/c1-21-17(24)15-8-5-13(11-16(15)19)23-18(25)22-9-2-10-26-14-6-3-12(20)4-7-14/h3-8,11H,2,9-10H2,1H3,(H,21,24)(H2,22,23,25). The van der Waals surface area contributed by atoms with Crippen LogP contribution in [0.3, 0.4) is 0 Å². The number of benzene rings is 2. The molecule has 2 aromatic rings. The SMILES string of the molecule is CNC(=O)c1ccc(NC(=O)NCCCSc2ccc(F)cc2)cc1Cl. The molecule has 0 radical (unpaired) electrons. The van der Waals surface area contributed by atoms with Crippen LogP contribution in [0.5, 0.6) is 0 Å². The third kappa shape index (κ3) is 6.24. The molecule has 0 saturated heterocycles. The number of nitrogens with one attached hydrogen (secondary N) is 3. The van der Waals surface area contributed by atoms with Gasteiger partial charge in [-0.3, -0.25) is 4.79 Å². The van der Waals surface area contributed by atoms with E-state index in [-0.39, 0.29) is 22.8 Å². The zero-order chi connectivity index (χ0) is 18.9. The van der Waals surface area contributed by atoms with Crippen LogP contribution in [-0.4, -0.2) is 31.3 Å². The molecule has 26 heavy (non-hydrogen) atoms. The second kappa shape index (κ2) is 10.0. The Balaban J connectivity index is 1.71. The van der Waals surface area contributed by atoms with Crippen molar-refractivity contribution in [1.82, 2.24) is 10.6 Å². The lowest BCUT2D eigenvalue weighted by molar-refractivity contribution is 0.0963. The molecule has 0 bridgehead atoms. The highest BCUT2D eigenvalue weighted by molar-refractivity contribution is 7.99. The van der Waals surface area contributed by atoms with E-state index >= 15 is 0 Å². The second-order valence-corrected chi connectivity index (χ2v) is 6.89. The molecular formula is C18H19ClFN3O2S. The maximum Gasteiger partial charge on any atom is 0.319 e. The number of anilines is 1. The van der Waals surface area contributed by atoms with E-state index < -0.39 is 0 Å². The third-order valence-corrected chi connectivity index (χ3v) is 4.80. The Labute approximate surface area is 160 Å². The van der Waals surface area contributed by atoms with Crippen LogP contribution in [0.1, 0.15) is 16.8 Å². The Morgan fingerprint density at radius 3 is 2.54 bits per heavy atom. The summed E-state index contributed by atoms with van der Waals surface area (Å²) in [4.78, 5) is 24.4. The minimum atomic E-state index is -0.347. The van der Waals surface area contributed by atoms with Crippen molar-refractivity contribution in [3.63, 3.8) is 0 Å². The number of urea groups is 1. The maximum atomic E-state index is 12.8. The highest BCUT2D eigenvalue weighted by Crippen LogP contribution is 2.21. The minimum Gasteiger partial charge on any atom is -0.355 e. The van der Waals surface area contributed by atoms with Crippen LogP contribution in [0.15, 0.2) is 47.4 Å². The van der Waals surface area contributed by atoms with Gasteiger partial charge in [0.2, 0.25) is 0 Å². The first-order chi connectivity index (χ1) is 12.5. The lowest BCUT2D eigenvalue weighted by Gasteiger charge is -2.09. The van der Waals surface area contributed by atoms with Crippen LogP contribution in [0.2, 0.25) is 5.02 Å². The number of amides is 3. The average Bonchev–Trinajstić information content (AvgIpc) is 2.62. The van der Waals surface area contributed by atoms with Gasteiger partial charge < -0.3 is 16.0 Å². The van der Waals surface area contributed by atoms with Gasteiger partial charge in [-0.15, -0.1) is 11.8 Å². The number of carbonyl (C=O) groups is 2. The minimum absolute atomic E-state index is 0.254. The van der Waals surface area contributed by atoms with Gasteiger partial charge >= 0.3 is 6.03 Å². The molecule has 0 aliphatic heterocycles. The summed E-state index contributed by atoms with van der Waals surface area (Å²) in [5.74, 6) is 0.263. The maximum absolute atomic E-state index is 12.8. The molecule has 0 fully saturated rings. The number of halogens is 2.